The van der Waals surface area contributed by atoms with Gasteiger partial charge in [-0.1, -0.05) is 23.7 Å². The van der Waals surface area contributed by atoms with E-state index in [9.17, 15) is 13.2 Å². The number of hydrogen-bond donors (Lipinski definition) is 0. The van der Waals surface area contributed by atoms with Gasteiger partial charge in [0.15, 0.2) is 0 Å². The van der Waals surface area contributed by atoms with E-state index in [0.29, 0.717) is 37.5 Å². The third-order valence-corrected chi connectivity index (χ3v) is 8.58. The van der Waals surface area contributed by atoms with E-state index in [-0.39, 0.29) is 22.8 Å². The van der Waals surface area contributed by atoms with Gasteiger partial charge in [0.05, 0.1) is 23.7 Å². The average Bonchev–Trinajstić information content (AvgIpc) is 2.83. The van der Waals surface area contributed by atoms with Crippen LogP contribution in [0.15, 0.2) is 53.4 Å². The lowest BCUT2D eigenvalue weighted by Crippen LogP contribution is -2.49. The summed E-state index contributed by atoms with van der Waals surface area (Å²) < 4.78 is 33.4. The van der Waals surface area contributed by atoms with Crippen LogP contribution in [0.25, 0.3) is 0 Å². The summed E-state index contributed by atoms with van der Waals surface area (Å²) in [6.45, 7) is 4.85. The first kappa shape index (κ1) is 23.9. The zero-order valence-corrected chi connectivity index (χ0v) is 20.6. The summed E-state index contributed by atoms with van der Waals surface area (Å²) in [4.78, 5) is 17.3. The topological polar surface area (TPSA) is 70.2 Å². The number of ether oxygens (including phenoxy) is 1. The minimum atomic E-state index is -3.58. The number of fused-ring (bicyclic) bond motifs is 1. The first-order chi connectivity index (χ1) is 15.8. The largest absolute Gasteiger partial charge is 0.485 e. The number of anilines is 1. The number of rotatable bonds is 6. The molecule has 1 atom stereocenters. The first-order valence-electron chi connectivity index (χ1n) is 11.3. The number of sulfonamides is 1. The highest BCUT2D eigenvalue weighted by molar-refractivity contribution is 7.89. The van der Waals surface area contributed by atoms with Crippen LogP contribution >= 0.6 is 11.6 Å². The molecule has 2 aromatic rings. The van der Waals surface area contributed by atoms with Crippen LogP contribution in [0, 0.1) is 5.92 Å². The Morgan fingerprint density at radius 3 is 2.45 bits per heavy atom. The van der Waals surface area contributed by atoms with Crippen LogP contribution in [-0.4, -0.2) is 69.4 Å². The minimum Gasteiger partial charge on any atom is -0.485 e. The van der Waals surface area contributed by atoms with Crippen molar-refractivity contribution < 1.29 is 17.9 Å². The predicted molar refractivity (Wildman–Crippen MR) is 129 cm³/mol. The highest BCUT2D eigenvalue weighted by atomic mass is 35.5. The van der Waals surface area contributed by atoms with E-state index >= 15 is 0 Å². The predicted octanol–water partition coefficient (Wildman–Crippen LogP) is 3.49. The molecule has 0 radical (unpaired) electrons. The molecule has 0 aliphatic carbocycles. The van der Waals surface area contributed by atoms with Crippen molar-refractivity contribution in [1.29, 1.82) is 0 Å². The Kier molecular flexibility index (Phi) is 7.16. The zero-order valence-electron chi connectivity index (χ0n) is 19.0. The summed E-state index contributed by atoms with van der Waals surface area (Å²) in [5, 5.41) is 0.494. The molecular weight excluding hydrogens is 462 g/mol. The van der Waals surface area contributed by atoms with Gasteiger partial charge in [-0.25, -0.2) is 8.42 Å². The second-order valence-corrected chi connectivity index (χ2v) is 11.0. The fourth-order valence-electron chi connectivity index (χ4n) is 4.58. The molecule has 2 aromatic carbocycles. The maximum absolute atomic E-state index is 13.1. The SMILES string of the molecule is CCN1C[C@@H](CN(C)C(=O)C2CCN(S(=O)(=O)c3ccc(Cl)cc3)CC2)Oc2ccccc21. The monoisotopic (exact) mass is 491 g/mol. The molecule has 0 N–H and O–H groups in total. The van der Waals surface area contributed by atoms with Gasteiger partial charge in [0, 0.05) is 37.6 Å². The van der Waals surface area contributed by atoms with Crippen molar-refractivity contribution >= 4 is 33.2 Å². The Balaban J connectivity index is 1.34. The van der Waals surface area contributed by atoms with E-state index in [1.54, 1.807) is 24.1 Å². The molecule has 1 amide bonds. The van der Waals surface area contributed by atoms with Gasteiger partial charge in [-0.15, -0.1) is 0 Å². The second kappa shape index (κ2) is 9.91. The summed E-state index contributed by atoms with van der Waals surface area (Å²) >= 11 is 5.88. The molecule has 4 rings (SSSR count). The van der Waals surface area contributed by atoms with Gasteiger partial charge in [0.2, 0.25) is 15.9 Å². The highest BCUT2D eigenvalue weighted by Gasteiger charge is 2.34. The van der Waals surface area contributed by atoms with Crippen molar-refractivity contribution in [3.63, 3.8) is 0 Å². The average molecular weight is 492 g/mol. The normalized spacial score (nSPS) is 19.6. The summed E-state index contributed by atoms with van der Waals surface area (Å²) in [6.07, 6.45) is 0.899. The van der Waals surface area contributed by atoms with Crippen molar-refractivity contribution in [2.24, 2.45) is 5.92 Å². The summed E-state index contributed by atoms with van der Waals surface area (Å²) in [7, 11) is -1.78. The summed E-state index contributed by atoms with van der Waals surface area (Å²) in [6, 6.07) is 14.2. The maximum atomic E-state index is 13.1. The quantitative estimate of drug-likeness (QED) is 0.618. The number of nitrogens with zero attached hydrogens (tertiary/aromatic N) is 3. The fourth-order valence-corrected chi connectivity index (χ4v) is 6.18. The smallest absolute Gasteiger partial charge is 0.243 e. The number of halogens is 1. The molecule has 0 spiro atoms. The molecule has 1 fully saturated rings. The Morgan fingerprint density at radius 2 is 1.79 bits per heavy atom. The van der Waals surface area contributed by atoms with Crippen LogP contribution in [0.3, 0.4) is 0 Å². The van der Waals surface area contributed by atoms with E-state index in [4.69, 9.17) is 16.3 Å². The Bertz CT molecular complexity index is 1090. The zero-order chi connectivity index (χ0) is 23.6. The number of hydrogen-bond acceptors (Lipinski definition) is 5. The van der Waals surface area contributed by atoms with Crippen LogP contribution < -0.4 is 9.64 Å². The molecule has 2 aliphatic rings. The van der Waals surface area contributed by atoms with E-state index in [1.807, 2.05) is 18.2 Å². The number of carbonyl (C=O) groups is 1. The number of piperidine rings is 1. The lowest BCUT2D eigenvalue weighted by molar-refractivity contribution is -0.136. The number of benzene rings is 2. The van der Waals surface area contributed by atoms with Gasteiger partial charge in [-0.3, -0.25) is 4.79 Å². The third-order valence-electron chi connectivity index (χ3n) is 6.41. The Morgan fingerprint density at radius 1 is 1.12 bits per heavy atom. The van der Waals surface area contributed by atoms with Crippen LogP contribution in [0.1, 0.15) is 19.8 Å². The molecular formula is C24H30ClN3O4S. The Hall–Kier alpha value is -2.29. The van der Waals surface area contributed by atoms with Crippen molar-refractivity contribution in [2.45, 2.75) is 30.8 Å². The third kappa shape index (κ3) is 5.13. The summed E-state index contributed by atoms with van der Waals surface area (Å²) in [5.41, 5.74) is 1.08. The number of carbonyl (C=O) groups excluding carboxylic acids is 1. The van der Waals surface area contributed by atoms with Gasteiger partial charge in [0.1, 0.15) is 11.9 Å². The van der Waals surface area contributed by atoms with Crippen LogP contribution in [0.4, 0.5) is 5.69 Å². The second-order valence-electron chi connectivity index (χ2n) is 8.60. The summed E-state index contributed by atoms with van der Waals surface area (Å²) in [5.74, 6) is 0.700. The minimum absolute atomic E-state index is 0.0454. The lowest BCUT2D eigenvalue weighted by atomic mass is 9.96. The highest BCUT2D eigenvalue weighted by Crippen LogP contribution is 2.33. The Labute approximate surface area is 200 Å². The van der Waals surface area contributed by atoms with E-state index < -0.39 is 10.0 Å². The van der Waals surface area contributed by atoms with Crippen LogP contribution in [0.5, 0.6) is 5.75 Å². The maximum Gasteiger partial charge on any atom is 0.243 e. The molecule has 0 bridgehead atoms. The molecule has 9 heteroatoms. The molecule has 2 aliphatic heterocycles. The van der Waals surface area contributed by atoms with Crippen molar-refractivity contribution in [3.8, 4) is 5.75 Å². The van der Waals surface area contributed by atoms with Gasteiger partial charge in [0.25, 0.3) is 0 Å². The van der Waals surface area contributed by atoms with Crippen molar-refractivity contribution in [2.75, 3.05) is 44.7 Å². The molecule has 33 heavy (non-hydrogen) atoms. The van der Waals surface area contributed by atoms with Crippen LogP contribution in [-0.2, 0) is 14.8 Å². The molecule has 0 saturated carbocycles. The van der Waals surface area contributed by atoms with Crippen molar-refractivity contribution in [1.82, 2.24) is 9.21 Å². The number of likely N-dealkylation sites (N-methyl/N-ethyl adjacent to an activating group) is 2. The van der Waals surface area contributed by atoms with Gasteiger partial charge in [-0.05, 0) is 56.2 Å². The van der Waals surface area contributed by atoms with Crippen LogP contribution in [0.2, 0.25) is 5.02 Å². The number of para-hydroxylation sites is 2. The van der Waals surface area contributed by atoms with Gasteiger partial charge < -0.3 is 14.5 Å². The first-order valence-corrected chi connectivity index (χ1v) is 13.1. The molecule has 2 heterocycles. The van der Waals surface area contributed by atoms with E-state index in [2.05, 4.69) is 17.9 Å². The van der Waals surface area contributed by atoms with Crippen molar-refractivity contribution in [3.05, 3.63) is 53.6 Å². The fraction of sp³-hybridized carbons (Fsp3) is 0.458. The van der Waals surface area contributed by atoms with E-state index in [1.165, 1.54) is 16.4 Å². The van der Waals surface area contributed by atoms with Gasteiger partial charge in [-0.2, -0.15) is 4.31 Å². The molecule has 178 valence electrons. The lowest BCUT2D eigenvalue weighted by Gasteiger charge is -2.38. The molecule has 0 unspecified atom stereocenters. The van der Waals surface area contributed by atoms with E-state index in [0.717, 1.165) is 24.5 Å². The standard InChI is InChI=1S/C24H30ClN3O4S/c1-3-27-17-20(32-23-7-5-4-6-22(23)27)16-26(2)24(29)18-12-14-28(15-13-18)33(30,31)21-10-8-19(25)9-11-21/h4-11,18,20H,3,12-17H2,1-2H3/t20-/m1/s1. The number of amides is 1. The molecule has 7 nitrogen and oxygen atoms in total. The molecule has 0 aromatic heterocycles. The molecule has 1 saturated heterocycles. The van der Waals surface area contributed by atoms with Gasteiger partial charge >= 0.3 is 0 Å².